The summed E-state index contributed by atoms with van der Waals surface area (Å²) in [7, 11) is 0. The van der Waals surface area contributed by atoms with Crippen molar-refractivity contribution in [3.05, 3.63) is 36.4 Å². The average Bonchev–Trinajstić information content (AvgIpc) is 2.80. The highest BCUT2D eigenvalue weighted by Crippen LogP contribution is 2.26. The van der Waals surface area contributed by atoms with Gasteiger partial charge in [-0.1, -0.05) is 38.8 Å². The number of aliphatic carboxylic acids is 2. The lowest BCUT2D eigenvalue weighted by molar-refractivity contribution is -0.134. The number of rotatable bonds is 9. The summed E-state index contributed by atoms with van der Waals surface area (Å²) in [6.07, 6.45) is 4.57. The maximum Gasteiger partial charge on any atom is 0.328 e. The van der Waals surface area contributed by atoms with Gasteiger partial charge in [-0.15, -0.1) is 0 Å². The molecule has 174 valence electrons. The zero-order valence-corrected chi connectivity index (χ0v) is 18.7. The third-order valence-corrected chi connectivity index (χ3v) is 5.01. The molecule has 9 heteroatoms. The summed E-state index contributed by atoms with van der Waals surface area (Å²) in [6.45, 7) is 10.3. The number of carboxylic acid groups (broad SMARTS) is 2. The first-order valence-electron chi connectivity index (χ1n) is 10.9. The van der Waals surface area contributed by atoms with Gasteiger partial charge < -0.3 is 24.7 Å². The summed E-state index contributed by atoms with van der Waals surface area (Å²) >= 11 is 0. The van der Waals surface area contributed by atoms with Crippen LogP contribution in [-0.4, -0.2) is 76.4 Å². The molecule has 1 saturated heterocycles. The number of para-hydroxylation sites is 1. The molecule has 9 nitrogen and oxygen atoms in total. The zero-order valence-electron chi connectivity index (χ0n) is 18.7. The minimum atomic E-state index is -1.26. The number of hydrogen-bond donors (Lipinski definition) is 2. The van der Waals surface area contributed by atoms with Gasteiger partial charge in [0.1, 0.15) is 0 Å². The van der Waals surface area contributed by atoms with E-state index < -0.39 is 11.9 Å². The van der Waals surface area contributed by atoms with Crippen LogP contribution in [0.4, 0.5) is 5.95 Å². The fourth-order valence-corrected chi connectivity index (χ4v) is 3.21. The molecule has 1 aromatic heterocycles. The van der Waals surface area contributed by atoms with Crippen molar-refractivity contribution in [1.82, 2.24) is 14.9 Å². The Bertz CT molecular complexity index is 894. The van der Waals surface area contributed by atoms with Crippen molar-refractivity contribution in [2.45, 2.75) is 33.1 Å². The predicted molar refractivity (Wildman–Crippen MR) is 123 cm³/mol. The Kier molecular flexibility index (Phi) is 10.4. The van der Waals surface area contributed by atoms with Crippen LogP contribution in [0.2, 0.25) is 0 Å². The van der Waals surface area contributed by atoms with E-state index in [0.29, 0.717) is 12.2 Å². The van der Waals surface area contributed by atoms with E-state index >= 15 is 0 Å². The number of piperazine rings is 1. The third-order valence-electron chi connectivity index (χ3n) is 5.01. The largest absolute Gasteiger partial charge is 0.478 e. The number of likely N-dealkylation sites (N-methyl/N-ethyl adjacent to an activating group) is 1. The van der Waals surface area contributed by atoms with Crippen molar-refractivity contribution >= 4 is 28.8 Å². The zero-order chi connectivity index (χ0) is 23.3. The molecule has 2 aromatic rings. The second-order valence-electron chi connectivity index (χ2n) is 7.33. The number of carboxylic acids is 2. The highest BCUT2D eigenvalue weighted by atomic mass is 16.5. The Morgan fingerprint density at radius 3 is 2.25 bits per heavy atom. The molecule has 1 aromatic carbocycles. The Morgan fingerprint density at radius 2 is 1.66 bits per heavy atom. The second-order valence-corrected chi connectivity index (χ2v) is 7.33. The molecule has 2 N–H and O–H groups in total. The number of unbranched alkanes of at least 4 members (excludes halogenated alkanes) is 2. The summed E-state index contributed by atoms with van der Waals surface area (Å²) in [5, 5.41) is 16.6. The van der Waals surface area contributed by atoms with Crippen molar-refractivity contribution in [2.75, 3.05) is 44.2 Å². The molecule has 1 aliphatic heterocycles. The first kappa shape index (κ1) is 25.1. The van der Waals surface area contributed by atoms with E-state index in [1.165, 1.54) is 12.8 Å². The van der Waals surface area contributed by atoms with Gasteiger partial charge in [0.15, 0.2) is 0 Å². The van der Waals surface area contributed by atoms with Crippen molar-refractivity contribution < 1.29 is 24.5 Å². The Labute approximate surface area is 188 Å². The average molecular weight is 445 g/mol. The molecular weight excluding hydrogens is 412 g/mol. The van der Waals surface area contributed by atoms with E-state index in [4.69, 9.17) is 24.9 Å². The lowest BCUT2D eigenvalue weighted by Crippen LogP contribution is -2.46. The van der Waals surface area contributed by atoms with Gasteiger partial charge in [-0.05, 0) is 25.1 Å². The van der Waals surface area contributed by atoms with Crippen molar-refractivity contribution in [2.24, 2.45) is 0 Å². The fraction of sp³-hybridized carbons (Fsp3) is 0.478. The smallest absolute Gasteiger partial charge is 0.328 e. The molecule has 0 bridgehead atoms. The SMILES string of the molecule is CCCCCOc1nc(N2CCN(CC)CC2)nc2ccccc12.O=C(O)/C=C/C(=O)O. The number of hydrogen-bond acceptors (Lipinski definition) is 7. The molecule has 1 aliphatic rings. The van der Waals surface area contributed by atoms with Crippen molar-refractivity contribution in [1.29, 1.82) is 0 Å². The maximum atomic E-state index is 9.55. The number of benzene rings is 1. The number of nitrogens with zero attached hydrogens (tertiary/aromatic N) is 4. The first-order chi connectivity index (χ1) is 15.4. The van der Waals surface area contributed by atoms with E-state index in [1.807, 2.05) is 24.3 Å². The lowest BCUT2D eigenvalue weighted by Gasteiger charge is -2.34. The summed E-state index contributed by atoms with van der Waals surface area (Å²) in [5.74, 6) is -0.987. The van der Waals surface area contributed by atoms with Gasteiger partial charge in [0.2, 0.25) is 11.8 Å². The number of ether oxygens (including phenoxy) is 1. The van der Waals surface area contributed by atoms with Crippen LogP contribution < -0.4 is 9.64 Å². The molecule has 2 heterocycles. The number of carbonyl (C=O) groups is 2. The van der Waals surface area contributed by atoms with Crippen molar-refractivity contribution in [3.8, 4) is 5.88 Å². The van der Waals surface area contributed by atoms with Crippen LogP contribution in [0.3, 0.4) is 0 Å². The quantitative estimate of drug-likeness (QED) is 0.444. The molecule has 1 fully saturated rings. The fourth-order valence-electron chi connectivity index (χ4n) is 3.21. The molecule has 3 rings (SSSR count). The summed E-state index contributed by atoms with van der Waals surface area (Å²) in [4.78, 5) is 33.4. The molecular formula is C23H32N4O5. The van der Waals surface area contributed by atoms with E-state index in [9.17, 15) is 9.59 Å². The number of fused-ring (bicyclic) bond motifs is 1. The highest BCUT2D eigenvalue weighted by molar-refractivity contribution is 5.89. The minimum absolute atomic E-state index is 0.558. The predicted octanol–water partition coefficient (Wildman–Crippen LogP) is 3.05. The topological polar surface area (TPSA) is 116 Å². The van der Waals surface area contributed by atoms with Crippen LogP contribution in [0.1, 0.15) is 33.1 Å². The molecule has 0 aliphatic carbocycles. The Balaban J connectivity index is 0.000000390. The summed E-state index contributed by atoms with van der Waals surface area (Å²) in [6, 6.07) is 8.13. The normalized spacial score (nSPS) is 14.2. The third kappa shape index (κ3) is 8.14. The molecule has 0 radical (unpaired) electrons. The van der Waals surface area contributed by atoms with Crippen LogP contribution in [0.25, 0.3) is 10.9 Å². The minimum Gasteiger partial charge on any atom is -0.478 e. The second kappa shape index (κ2) is 13.3. The van der Waals surface area contributed by atoms with Crippen LogP contribution in [0.15, 0.2) is 36.4 Å². The molecule has 0 spiro atoms. The standard InChI is InChI=1S/C19H28N4O.C4H4O4/c1-3-5-8-15-24-18-16-9-6-7-10-17(16)20-19(21-18)23-13-11-22(4-2)12-14-23;5-3(6)1-2-4(7)8/h6-7,9-10H,3-5,8,11-15H2,1-2H3;1-2H,(H,5,6)(H,7,8)/b;2-1+. The van der Waals surface area contributed by atoms with E-state index in [-0.39, 0.29) is 0 Å². The number of anilines is 1. The van der Waals surface area contributed by atoms with Gasteiger partial charge in [-0.25, -0.2) is 14.6 Å². The molecule has 0 unspecified atom stereocenters. The van der Waals surface area contributed by atoms with Gasteiger partial charge in [0.05, 0.1) is 17.5 Å². The molecule has 0 amide bonds. The Morgan fingerprint density at radius 1 is 1.00 bits per heavy atom. The van der Waals surface area contributed by atoms with Crippen LogP contribution in [0, 0.1) is 0 Å². The first-order valence-corrected chi connectivity index (χ1v) is 10.9. The molecule has 0 saturated carbocycles. The summed E-state index contributed by atoms with van der Waals surface area (Å²) < 4.78 is 6.01. The van der Waals surface area contributed by atoms with E-state index in [0.717, 1.165) is 68.5 Å². The molecule has 32 heavy (non-hydrogen) atoms. The van der Waals surface area contributed by atoms with Crippen LogP contribution >= 0.6 is 0 Å². The number of aromatic nitrogens is 2. The van der Waals surface area contributed by atoms with Gasteiger partial charge in [-0.2, -0.15) is 4.98 Å². The highest BCUT2D eigenvalue weighted by Gasteiger charge is 2.19. The summed E-state index contributed by atoms with van der Waals surface area (Å²) in [5.41, 5.74) is 0.964. The van der Waals surface area contributed by atoms with E-state index in [1.54, 1.807) is 0 Å². The van der Waals surface area contributed by atoms with Crippen LogP contribution in [0.5, 0.6) is 5.88 Å². The van der Waals surface area contributed by atoms with Gasteiger partial charge in [-0.3, -0.25) is 0 Å². The van der Waals surface area contributed by atoms with Crippen LogP contribution in [-0.2, 0) is 9.59 Å². The van der Waals surface area contributed by atoms with E-state index in [2.05, 4.69) is 23.6 Å². The van der Waals surface area contributed by atoms with Crippen molar-refractivity contribution in [3.63, 3.8) is 0 Å². The maximum absolute atomic E-state index is 9.55. The Hall–Kier alpha value is -3.20. The molecule has 0 atom stereocenters. The van der Waals surface area contributed by atoms with Gasteiger partial charge >= 0.3 is 11.9 Å². The van der Waals surface area contributed by atoms with Gasteiger partial charge in [0, 0.05) is 38.3 Å². The monoisotopic (exact) mass is 444 g/mol. The lowest BCUT2D eigenvalue weighted by atomic mass is 10.2. The van der Waals surface area contributed by atoms with Gasteiger partial charge in [0.25, 0.3) is 0 Å².